The molecule has 0 radical (unpaired) electrons. The van der Waals surface area contributed by atoms with Gasteiger partial charge in [-0.05, 0) is 93.0 Å². The van der Waals surface area contributed by atoms with E-state index >= 15 is 0 Å². The molecular formula is C62H40N2O. The summed E-state index contributed by atoms with van der Waals surface area (Å²) in [6.07, 6.45) is 0. The van der Waals surface area contributed by atoms with Gasteiger partial charge in [-0.1, -0.05) is 188 Å². The first-order valence-corrected chi connectivity index (χ1v) is 22.2. The van der Waals surface area contributed by atoms with Gasteiger partial charge in [0, 0.05) is 49.4 Å². The van der Waals surface area contributed by atoms with Crippen LogP contribution in [0, 0.1) is 0 Å². The highest BCUT2D eigenvalue weighted by molar-refractivity contribution is 6.15. The Morgan fingerprint density at radius 3 is 1.55 bits per heavy atom. The predicted molar refractivity (Wildman–Crippen MR) is 274 cm³/mol. The molecule has 0 saturated heterocycles. The van der Waals surface area contributed by atoms with Gasteiger partial charge in [0.15, 0.2) is 0 Å². The first kappa shape index (κ1) is 36.9. The summed E-state index contributed by atoms with van der Waals surface area (Å²) >= 11 is 0. The first-order valence-electron chi connectivity index (χ1n) is 22.2. The van der Waals surface area contributed by atoms with E-state index < -0.39 is 0 Å². The zero-order valence-corrected chi connectivity index (χ0v) is 35.4. The van der Waals surface area contributed by atoms with Gasteiger partial charge < -0.3 is 13.9 Å². The Labute approximate surface area is 376 Å². The van der Waals surface area contributed by atoms with Gasteiger partial charge in [-0.3, -0.25) is 0 Å². The normalized spacial score (nSPS) is 11.7. The lowest BCUT2D eigenvalue weighted by Crippen LogP contribution is -2.10. The van der Waals surface area contributed by atoms with Crippen LogP contribution in [0.25, 0.3) is 104 Å². The Bertz CT molecular complexity index is 3880. The standard InChI is InChI=1S/C62H40N2O/c1-2-16-50-43(13-1)31-32-46-14-11-25-59(61(46)50)63(48-39-35-45(36-40-48)51-20-12-21-55-54-19-6-10-26-60(54)65-62(51)55)47-37-33-42(34-38-47)41-27-29-44(30-28-41)49-15-3-7-22-56(49)64-57-23-8-4-17-52(57)53-18-5-9-24-58(53)64/h1-40H. The number of nitrogens with zero attached hydrogens (tertiary/aromatic N) is 2. The molecule has 0 bridgehead atoms. The maximum absolute atomic E-state index is 6.46. The van der Waals surface area contributed by atoms with Gasteiger partial charge in [0.1, 0.15) is 11.2 Å². The highest BCUT2D eigenvalue weighted by Gasteiger charge is 2.20. The Balaban J connectivity index is 0.889. The number of rotatable bonds is 7. The zero-order valence-electron chi connectivity index (χ0n) is 35.4. The molecule has 13 aromatic rings. The molecule has 2 heterocycles. The minimum absolute atomic E-state index is 0.904. The lowest BCUT2D eigenvalue weighted by molar-refractivity contribution is 0.670. The van der Waals surface area contributed by atoms with Crippen LogP contribution in [0.4, 0.5) is 17.1 Å². The molecule has 11 aromatic carbocycles. The van der Waals surface area contributed by atoms with Crippen LogP contribution in [0.15, 0.2) is 247 Å². The van der Waals surface area contributed by atoms with Crippen LogP contribution in [0.3, 0.4) is 0 Å². The van der Waals surface area contributed by atoms with E-state index in [-0.39, 0.29) is 0 Å². The molecule has 0 saturated carbocycles. The molecule has 304 valence electrons. The molecule has 0 spiro atoms. The quantitative estimate of drug-likeness (QED) is 0.149. The van der Waals surface area contributed by atoms with Crippen molar-refractivity contribution in [3.63, 3.8) is 0 Å². The Morgan fingerprint density at radius 2 is 0.815 bits per heavy atom. The number of hydrogen-bond acceptors (Lipinski definition) is 2. The summed E-state index contributed by atoms with van der Waals surface area (Å²) in [6.45, 7) is 0. The van der Waals surface area contributed by atoms with Crippen molar-refractivity contribution in [2.75, 3.05) is 4.90 Å². The van der Waals surface area contributed by atoms with Gasteiger partial charge in [0.25, 0.3) is 0 Å². The smallest absolute Gasteiger partial charge is 0.143 e. The Hall–Kier alpha value is -8.66. The fourth-order valence-corrected chi connectivity index (χ4v) is 10.2. The summed E-state index contributed by atoms with van der Waals surface area (Å²) in [7, 11) is 0. The van der Waals surface area contributed by atoms with Crippen LogP contribution >= 0.6 is 0 Å². The topological polar surface area (TPSA) is 21.3 Å². The van der Waals surface area contributed by atoms with Crippen molar-refractivity contribution in [3.8, 4) is 39.1 Å². The second-order valence-corrected chi connectivity index (χ2v) is 16.8. The SMILES string of the molecule is c1ccc(-n2c3ccccc3c3ccccc32)c(-c2ccc(-c3ccc(N(c4ccc(-c5cccc6c5oc5ccccc56)cc4)c4cccc5ccc6ccccc6c45)cc3)cc2)c1. The van der Waals surface area contributed by atoms with Crippen molar-refractivity contribution in [2.45, 2.75) is 0 Å². The summed E-state index contributed by atoms with van der Waals surface area (Å²) in [5.41, 5.74) is 15.6. The average molecular weight is 829 g/mol. The molecule has 0 aliphatic carbocycles. The van der Waals surface area contributed by atoms with E-state index in [0.717, 1.165) is 55.7 Å². The number of para-hydroxylation sites is 5. The molecule has 65 heavy (non-hydrogen) atoms. The van der Waals surface area contributed by atoms with E-state index in [1.807, 2.05) is 12.1 Å². The number of hydrogen-bond donors (Lipinski definition) is 0. The van der Waals surface area contributed by atoms with Gasteiger partial charge in [-0.2, -0.15) is 0 Å². The second kappa shape index (κ2) is 15.0. The first-order chi connectivity index (χ1) is 32.2. The van der Waals surface area contributed by atoms with Gasteiger partial charge in [-0.25, -0.2) is 0 Å². The van der Waals surface area contributed by atoms with E-state index in [2.05, 4.69) is 240 Å². The monoisotopic (exact) mass is 828 g/mol. The molecule has 0 aliphatic heterocycles. The summed E-state index contributed by atoms with van der Waals surface area (Å²) in [5, 5.41) is 9.67. The van der Waals surface area contributed by atoms with Crippen molar-refractivity contribution in [2.24, 2.45) is 0 Å². The predicted octanol–water partition coefficient (Wildman–Crippen LogP) is 17.5. The van der Waals surface area contributed by atoms with Crippen molar-refractivity contribution in [3.05, 3.63) is 243 Å². The van der Waals surface area contributed by atoms with Crippen molar-refractivity contribution in [1.29, 1.82) is 0 Å². The van der Waals surface area contributed by atoms with E-state index in [1.165, 1.54) is 65.7 Å². The molecule has 13 rings (SSSR count). The van der Waals surface area contributed by atoms with Crippen LogP contribution in [-0.4, -0.2) is 4.57 Å². The highest BCUT2D eigenvalue weighted by Crippen LogP contribution is 2.44. The molecule has 0 unspecified atom stereocenters. The second-order valence-electron chi connectivity index (χ2n) is 16.8. The summed E-state index contributed by atoms with van der Waals surface area (Å²) in [4.78, 5) is 2.40. The lowest BCUT2D eigenvalue weighted by atomic mass is 9.97. The largest absolute Gasteiger partial charge is 0.455 e. The van der Waals surface area contributed by atoms with E-state index in [4.69, 9.17) is 4.42 Å². The van der Waals surface area contributed by atoms with E-state index in [9.17, 15) is 0 Å². The number of aromatic nitrogens is 1. The van der Waals surface area contributed by atoms with Crippen molar-refractivity contribution < 1.29 is 4.42 Å². The number of anilines is 3. The van der Waals surface area contributed by atoms with Crippen LogP contribution in [0.1, 0.15) is 0 Å². The van der Waals surface area contributed by atoms with Gasteiger partial charge in [-0.15, -0.1) is 0 Å². The highest BCUT2D eigenvalue weighted by atomic mass is 16.3. The summed E-state index contributed by atoms with van der Waals surface area (Å²) in [6, 6.07) is 87.7. The van der Waals surface area contributed by atoms with Gasteiger partial charge >= 0.3 is 0 Å². The Kier molecular flexibility index (Phi) is 8.53. The van der Waals surface area contributed by atoms with Crippen molar-refractivity contribution >= 4 is 82.4 Å². The number of benzene rings is 11. The molecule has 2 aromatic heterocycles. The van der Waals surface area contributed by atoms with E-state index in [1.54, 1.807) is 0 Å². The summed E-state index contributed by atoms with van der Waals surface area (Å²) in [5.74, 6) is 0. The maximum Gasteiger partial charge on any atom is 0.143 e. The third-order valence-electron chi connectivity index (χ3n) is 13.2. The van der Waals surface area contributed by atoms with Crippen LogP contribution in [-0.2, 0) is 0 Å². The minimum Gasteiger partial charge on any atom is -0.455 e. The number of furan rings is 1. The van der Waals surface area contributed by atoms with Crippen LogP contribution < -0.4 is 4.90 Å². The van der Waals surface area contributed by atoms with E-state index in [0.29, 0.717) is 0 Å². The molecule has 0 fully saturated rings. The van der Waals surface area contributed by atoms with Gasteiger partial charge in [0.05, 0.1) is 22.4 Å². The minimum atomic E-state index is 0.904. The lowest BCUT2D eigenvalue weighted by Gasteiger charge is -2.28. The molecule has 3 nitrogen and oxygen atoms in total. The molecule has 0 atom stereocenters. The molecule has 3 heteroatoms. The molecule has 0 aliphatic rings. The van der Waals surface area contributed by atoms with Crippen molar-refractivity contribution in [1.82, 2.24) is 4.57 Å². The third kappa shape index (κ3) is 6.05. The van der Waals surface area contributed by atoms with Crippen LogP contribution in [0.2, 0.25) is 0 Å². The zero-order chi connectivity index (χ0) is 42.8. The van der Waals surface area contributed by atoms with Crippen LogP contribution in [0.5, 0.6) is 0 Å². The Morgan fingerprint density at radius 1 is 0.323 bits per heavy atom. The average Bonchev–Trinajstić information content (AvgIpc) is 3.93. The molecule has 0 N–H and O–H groups in total. The van der Waals surface area contributed by atoms with Gasteiger partial charge in [0.2, 0.25) is 0 Å². The number of fused-ring (bicyclic) bond motifs is 9. The third-order valence-corrected chi connectivity index (χ3v) is 13.2. The fraction of sp³-hybridized carbons (Fsp3) is 0. The summed E-state index contributed by atoms with van der Waals surface area (Å²) < 4.78 is 8.87. The molecular weight excluding hydrogens is 789 g/mol. The fourth-order valence-electron chi connectivity index (χ4n) is 10.2. The maximum atomic E-state index is 6.46. The molecule has 0 amide bonds.